The van der Waals surface area contributed by atoms with E-state index in [1.54, 1.807) is 0 Å². The minimum atomic E-state index is -0.192. The Labute approximate surface area is 137 Å². The van der Waals surface area contributed by atoms with Gasteiger partial charge in [0.2, 0.25) is 11.7 Å². The number of hydrogen-bond donors (Lipinski definition) is 1. The van der Waals surface area contributed by atoms with E-state index >= 15 is 0 Å². The molecule has 112 valence electrons. The molecule has 1 heterocycles. The first-order valence-electron chi connectivity index (χ1n) is 7.13. The van der Waals surface area contributed by atoms with E-state index in [-0.39, 0.29) is 5.54 Å². The third-order valence-corrected chi connectivity index (χ3v) is 5.21. The first-order valence-corrected chi connectivity index (χ1v) is 8.30. The van der Waals surface area contributed by atoms with Crippen LogP contribution in [0.2, 0.25) is 5.02 Å². The Morgan fingerprint density at radius 3 is 2.76 bits per heavy atom. The van der Waals surface area contributed by atoms with E-state index in [4.69, 9.17) is 21.9 Å². The molecule has 0 spiro atoms. The van der Waals surface area contributed by atoms with Crippen LogP contribution in [-0.4, -0.2) is 15.7 Å². The number of aromatic nitrogens is 2. The molecule has 0 aliphatic heterocycles. The fourth-order valence-electron chi connectivity index (χ4n) is 2.81. The second-order valence-corrected chi connectivity index (χ2v) is 7.00. The Kier molecular flexibility index (Phi) is 4.33. The van der Waals surface area contributed by atoms with Crippen LogP contribution in [0, 0.1) is 0 Å². The van der Waals surface area contributed by atoms with Crippen molar-refractivity contribution in [1.29, 1.82) is 0 Å². The summed E-state index contributed by atoms with van der Waals surface area (Å²) in [4.78, 5) is 4.47. The molecule has 0 saturated heterocycles. The molecule has 3 rings (SSSR count). The van der Waals surface area contributed by atoms with Crippen LogP contribution in [0.3, 0.4) is 0 Å². The molecule has 0 bridgehead atoms. The molecule has 2 N–H and O–H groups in total. The van der Waals surface area contributed by atoms with Gasteiger partial charge in [-0.25, -0.2) is 0 Å². The van der Waals surface area contributed by atoms with E-state index in [1.165, 1.54) is 19.3 Å². The predicted octanol–water partition coefficient (Wildman–Crippen LogP) is 4.36. The van der Waals surface area contributed by atoms with E-state index < -0.39 is 0 Å². The number of benzene rings is 1. The van der Waals surface area contributed by atoms with E-state index in [2.05, 4.69) is 26.1 Å². The number of rotatable bonds is 3. The van der Waals surface area contributed by atoms with Gasteiger partial charge in [-0.2, -0.15) is 4.98 Å². The summed E-state index contributed by atoms with van der Waals surface area (Å²) in [6.45, 7) is 0. The van der Waals surface area contributed by atoms with Gasteiger partial charge in [-0.15, -0.1) is 0 Å². The zero-order valence-corrected chi connectivity index (χ0v) is 14.0. The molecule has 1 fully saturated rings. The van der Waals surface area contributed by atoms with Crippen molar-refractivity contribution in [2.45, 2.75) is 44.1 Å². The van der Waals surface area contributed by atoms with Crippen molar-refractivity contribution >= 4 is 27.5 Å². The van der Waals surface area contributed by atoms with Crippen molar-refractivity contribution in [2.75, 3.05) is 0 Å². The lowest BCUT2D eigenvalue weighted by molar-refractivity contribution is 0.261. The smallest absolute Gasteiger partial charge is 0.228 e. The van der Waals surface area contributed by atoms with Crippen LogP contribution < -0.4 is 5.73 Å². The lowest BCUT2D eigenvalue weighted by Gasteiger charge is -2.31. The van der Waals surface area contributed by atoms with Crippen LogP contribution in [-0.2, 0) is 6.42 Å². The molecule has 1 aromatic heterocycles. The molecule has 1 saturated carbocycles. The highest BCUT2D eigenvalue weighted by Crippen LogP contribution is 2.30. The summed E-state index contributed by atoms with van der Waals surface area (Å²) in [5.41, 5.74) is 7.11. The summed E-state index contributed by atoms with van der Waals surface area (Å²) in [6, 6.07) is 5.57. The van der Waals surface area contributed by atoms with Gasteiger partial charge in [0.05, 0.1) is 5.02 Å². The first kappa shape index (κ1) is 15.0. The minimum Gasteiger partial charge on any atom is -0.339 e. The van der Waals surface area contributed by atoms with Gasteiger partial charge in [0.25, 0.3) is 0 Å². The summed E-state index contributed by atoms with van der Waals surface area (Å²) in [5.74, 6) is 1.18. The highest BCUT2D eigenvalue weighted by Gasteiger charge is 2.30. The molecule has 1 aliphatic carbocycles. The van der Waals surface area contributed by atoms with Crippen molar-refractivity contribution in [3.8, 4) is 11.4 Å². The molecule has 0 amide bonds. The monoisotopic (exact) mass is 369 g/mol. The van der Waals surface area contributed by atoms with Gasteiger partial charge >= 0.3 is 0 Å². The average molecular weight is 371 g/mol. The molecule has 1 aromatic carbocycles. The second-order valence-electron chi connectivity index (χ2n) is 5.74. The van der Waals surface area contributed by atoms with Crippen LogP contribution in [0.15, 0.2) is 27.2 Å². The van der Waals surface area contributed by atoms with Crippen LogP contribution in [0.25, 0.3) is 11.4 Å². The van der Waals surface area contributed by atoms with E-state index in [9.17, 15) is 0 Å². The maximum absolute atomic E-state index is 6.43. The molecular formula is C15H17BrClN3O. The molecule has 2 aromatic rings. The zero-order valence-electron chi connectivity index (χ0n) is 11.6. The summed E-state index contributed by atoms with van der Waals surface area (Å²) >= 11 is 9.39. The summed E-state index contributed by atoms with van der Waals surface area (Å²) in [7, 11) is 0. The fraction of sp³-hybridized carbons (Fsp3) is 0.467. The van der Waals surface area contributed by atoms with Crippen LogP contribution in [0.4, 0.5) is 0 Å². The molecule has 0 unspecified atom stereocenters. The van der Waals surface area contributed by atoms with E-state index in [0.717, 1.165) is 22.9 Å². The molecule has 4 nitrogen and oxygen atoms in total. The topological polar surface area (TPSA) is 64.9 Å². The van der Waals surface area contributed by atoms with Gasteiger partial charge in [-0.3, -0.25) is 0 Å². The average Bonchev–Trinajstić information content (AvgIpc) is 2.90. The number of halogens is 2. The third-order valence-electron chi connectivity index (χ3n) is 4.00. The fourth-order valence-corrected chi connectivity index (χ4v) is 3.31. The number of nitrogens with zero attached hydrogens (tertiary/aromatic N) is 2. The molecule has 21 heavy (non-hydrogen) atoms. The van der Waals surface area contributed by atoms with Crippen molar-refractivity contribution < 1.29 is 4.52 Å². The van der Waals surface area contributed by atoms with Crippen molar-refractivity contribution in [3.05, 3.63) is 33.6 Å². The number of hydrogen-bond acceptors (Lipinski definition) is 4. The van der Waals surface area contributed by atoms with Gasteiger partial charge in [0.15, 0.2) is 0 Å². The quantitative estimate of drug-likeness (QED) is 0.872. The Balaban J connectivity index is 1.78. The Hall–Kier alpha value is -0.910. The lowest BCUT2D eigenvalue weighted by Crippen LogP contribution is -2.43. The maximum atomic E-state index is 6.43. The first-order chi connectivity index (χ1) is 10.1. The molecular weight excluding hydrogens is 354 g/mol. The van der Waals surface area contributed by atoms with Gasteiger partial charge in [-0.05, 0) is 47.0 Å². The van der Waals surface area contributed by atoms with Crippen LogP contribution in [0.5, 0.6) is 0 Å². The highest BCUT2D eigenvalue weighted by molar-refractivity contribution is 9.10. The molecule has 0 atom stereocenters. The summed E-state index contributed by atoms with van der Waals surface area (Å²) in [5, 5.41) is 4.71. The predicted molar refractivity (Wildman–Crippen MR) is 86.2 cm³/mol. The summed E-state index contributed by atoms with van der Waals surface area (Å²) < 4.78 is 6.18. The van der Waals surface area contributed by atoms with Crippen molar-refractivity contribution in [2.24, 2.45) is 5.73 Å². The number of nitrogens with two attached hydrogens (primary N) is 1. The van der Waals surface area contributed by atoms with Crippen molar-refractivity contribution in [3.63, 3.8) is 0 Å². The normalized spacial score (nSPS) is 17.9. The summed E-state index contributed by atoms with van der Waals surface area (Å²) in [6.07, 6.45) is 6.33. The van der Waals surface area contributed by atoms with Gasteiger partial charge < -0.3 is 10.3 Å². The highest BCUT2D eigenvalue weighted by atomic mass is 79.9. The van der Waals surface area contributed by atoms with E-state index in [0.29, 0.717) is 23.2 Å². The maximum Gasteiger partial charge on any atom is 0.228 e. The lowest BCUT2D eigenvalue weighted by atomic mass is 9.80. The van der Waals surface area contributed by atoms with Crippen LogP contribution >= 0.6 is 27.5 Å². The standard InChI is InChI=1S/C15H17BrClN3O/c16-11-8-10(4-5-12(11)17)14-19-13(21-20-14)9-15(18)6-2-1-3-7-15/h4-5,8H,1-3,6-7,9,18H2. The minimum absolute atomic E-state index is 0.192. The van der Waals surface area contributed by atoms with Gasteiger partial charge in [-0.1, -0.05) is 36.0 Å². The Bertz CT molecular complexity index is 638. The largest absolute Gasteiger partial charge is 0.339 e. The van der Waals surface area contributed by atoms with Gasteiger partial charge in [0.1, 0.15) is 0 Å². The molecule has 1 aliphatic rings. The zero-order chi connectivity index (χ0) is 14.9. The SMILES string of the molecule is NC1(Cc2nc(-c3ccc(Cl)c(Br)c3)no2)CCCCC1. The second kappa shape index (κ2) is 6.07. The molecule has 6 heteroatoms. The van der Waals surface area contributed by atoms with E-state index in [1.807, 2.05) is 18.2 Å². The Morgan fingerprint density at radius 1 is 1.29 bits per heavy atom. The van der Waals surface area contributed by atoms with Crippen LogP contribution in [0.1, 0.15) is 38.0 Å². The van der Waals surface area contributed by atoms with Crippen molar-refractivity contribution in [1.82, 2.24) is 10.1 Å². The third kappa shape index (κ3) is 3.47. The Morgan fingerprint density at radius 2 is 2.05 bits per heavy atom. The molecule has 0 radical (unpaired) electrons. The van der Waals surface area contributed by atoms with Gasteiger partial charge in [0, 0.05) is 22.0 Å².